The van der Waals surface area contributed by atoms with E-state index in [-0.39, 0.29) is 11.3 Å². The van der Waals surface area contributed by atoms with Crippen LogP contribution in [-0.2, 0) is 0 Å². The van der Waals surface area contributed by atoms with Crippen molar-refractivity contribution in [1.82, 2.24) is 4.98 Å². The van der Waals surface area contributed by atoms with E-state index in [0.717, 1.165) is 0 Å². The normalized spacial score (nSPS) is 10.5. The van der Waals surface area contributed by atoms with Crippen LogP contribution >= 0.6 is 15.9 Å². The Morgan fingerprint density at radius 3 is 2.81 bits per heavy atom. The summed E-state index contributed by atoms with van der Waals surface area (Å²) in [5.74, 6) is -0.822. The van der Waals surface area contributed by atoms with Crippen molar-refractivity contribution < 1.29 is 9.18 Å². The zero-order valence-electron chi connectivity index (χ0n) is 10.7. The van der Waals surface area contributed by atoms with E-state index in [9.17, 15) is 14.4 Å². The Hall–Kier alpha value is -2.45. The van der Waals surface area contributed by atoms with Crippen molar-refractivity contribution in [3.8, 4) is 6.07 Å². The number of carbonyl (C=O) groups is 1. The van der Waals surface area contributed by atoms with Gasteiger partial charge >= 0.3 is 0 Å². The van der Waals surface area contributed by atoms with Crippen molar-refractivity contribution in [3.05, 3.63) is 69.6 Å². The molecule has 1 N–H and O–H groups in total. The molecule has 21 heavy (non-hydrogen) atoms. The predicted molar refractivity (Wildman–Crippen MR) is 80.5 cm³/mol. The maximum absolute atomic E-state index is 13.4. The number of carbonyl (C=O) groups excluding carboxylic acids is 1. The molecule has 0 saturated carbocycles. The van der Waals surface area contributed by atoms with Crippen LogP contribution in [0.4, 0.5) is 4.39 Å². The first-order valence-corrected chi connectivity index (χ1v) is 6.90. The Labute approximate surface area is 128 Å². The minimum absolute atomic E-state index is 0.232. The van der Waals surface area contributed by atoms with Gasteiger partial charge in [0, 0.05) is 32.7 Å². The van der Waals surface area contributed by atoms with Crippen molar-refractivity contribution in [2.75, 3.05) is 0 Å². The highest BCUT2D eigenvalue weighted by atomic mass is 79.9. The standard InChI is InChI=1S/C16H8BrFN2O/c17-11-4-10(5-12(18)6-11)16(21)13-8-20-14-3-1-2-9(7-19)15(13)14/h1-6,8,20H. The highest BCUT2D eigenvalue weighted by Crippen LogP contribution is 2.26. The van der Waals surface area contributed by atoms with Crippen LogP contribution in [-0.4, -0.2) is 10.8 Å². The summed E-state index contributed by atoms with van der Waals surface area (Å²) in [7, 11) is 0. The second kappa shape index (κ2) is 5.15. The van der Waals surface area contributed by atoms with Gasteiger partial charge in [-0.3, -0.25) is 4.79 Å². The Balaban J connectivity index is 2.21. The van der Waals surface area contributed by atoms with Gasteiger partial charge in [-0.05, 0) is 30.3 Å². The molecule has 3 rings (SSSR count). The topological polar surface area (TPSA) is 56.6 Å². The number of hydrogen-bond acceptors (Lipinski definition) is 2. The lowest BCUT2D eigenvalue weighted by Crippen LogP contribution is -2.01. The van der Waals surface area contributed by atoms with Crippen molar-refractivity contribution >= 4 is 32.6 Å². The lowest BCUT2D eigenvalue weighted by atomic mass is 10.00. The van der Waals surface area contributed by atoms with Crippen LogP contribution in [0.15, 0.2) is 47.1 Å². The smallest absolute Gasteiger partial charge is 0.195 e. The van der Waals surface area contributed by atoms with E-state index < -0.39 is 5.82 Å². The van der Waals surface area contributed by atoms with Crippen molar-refractivity contribution in [2.45, 2.75) is 0 Å². The second-order valence-electron chi connectivity index (χ2n) is 4.53. The molecule has 0 atom stereocenters. The van der Waals surface area contributed by atoms with Gasteiger partial charge in [-0.2, -0.15) is 5.26 Å². The quantitative estimate of drug-likeness (QED) is 0.710. The predicted octanol–water partition coefficient (Wildman–Crippen LogP) is 4.17. The largest absolute Gasteiger partial charge is 0.360 e. The van der Waals surface area contributed by atoms with Gasteiger partial charge in [-0.1, -0.05) is 22.0 Å². The number of fused-ring (bicyclic) bond motifs is 1. The molecule has 2 aromatic carbocycles. The number of hydrogen-bond donors (Lipinski definition) is 1. The van der Waals surface area contributed by atoms with Crippen LogP contribution in [0.2, 0.25) is 0 Å². The highest BCUT2D eigenvalue weighted by Gasteiger charge is 2.17. The fourth-order valence-corrected chi connectivity index (χ4v) is 2.76. The molecule has 102 valence electrons. The number of H-pyrrole nitrogens is 1. The highest BCUT2D eigenvalue weighted by molar-refractivity contribution is 9.10. The van der Waals surface area contributed by atoms with Gasteiger partial charge in [0.25, 0.3) is 0 Å². The summed E-state index contributed by atoms with van der Waals surface area (Å²) in [5.41, 5.74) is 1.70. The molecule has 0 aliphatic carbocycles. The molecule has 0 spiro atoms. The van der Waals surface area contributed by atoms with Gasteiger partial charge in [-0.15, -0.1) is 0 Å². The fourth-order valence-electron chi connectivity index (χ4n) is 2.30. The summed E-state index contributed by atoms with van der Waals surface area (Å²) in [6.45, 7) is 0. The Morgan fingerprint density at radius 2 is 2.10 bits per heavy atom. The zero-order chi connectivity index (χ0) is 15.0. The molecule has 0 radical (unpaired) electrons. The van der Waals surface area contributed by atoms with E-state index in [2.05, 4.69) is 27.0 Å². The van der Waals surface area contributed by atoms with E-state index in [0.29, 0.717) is 26.5 Å². The lowest BCUT2D eigenvalue weighted by Gasteiger charge is -2.02. The minimum Gasteiger partial charge on any atom is -0.360 e. The monoisotopic (exact) mass is 342 g/mol. The molecular formula is C16H8BrFN2O. The van der Waals surface area contributed by atoms with Gasteiger partial charge in [0.2, 0.25) is 0 Å². The Bertz CT molecular complexity index is 888. The van der Waals surface area contributed by atoms with Crippen LogP contribution in [0.1, 0.15) is 21.5 Å². The minimum atomic E-state index is -0.493. The summed E-state index contributed by atoms with van der Waals surface area (Å²) >= 11 is 3.17. The van der Waals surface area contributed by atoms with Gasteiger partial charge in [0.1, 0.15) is 5.82 Å². The van der Waals surface area contributed by atoms with Crippen LogP contribution < -0.4 is 0 Å². The average molecular weight is 343 g/mol. The second-order valence-corrected chi connectivity index (χ2v) is 5.45. The number of nitrogens with one attached hydrogen (secondary N) is 1. The molecule has 3 aromatic rings. The van der Waals surface area contributed by atoms with Crippen LogP contribution in [0.25, 0.3) is 10.9 Å². The molecule has 0 aliphatic rings. The first kappa shape index (κ1) is 13.5. The number of aromatic amines is 1. The van der Waals surface area contributed by atoms with Crippen molar-refractivity contribution in [1.29, 1.82) is 5.26 Å². The van der Waals surface area contributed by atoms with Gasteiger partial charge in [0.05, 0.1) is 11.6 Å². The SMILES string of the molecule is N#Cc1cccc2[nH]cc(C(=O)c3cc(F)cc(Br)c3)c12. The maximum atomic E-state index is 13.4. The number of nitriles is 1. The molecule has 1 aromatic heterocycles. The summed E-state index contributed by atoms with van der Waals surface area (Å²) in [6.07, 6.45) is 1.55. The average Bonchev–Trinajstić information content (AvgIpc) is 2.89. The van der Waals surface area contributed by atoms with Crippen molar-refractivity contribution in [2.24, 2.45) is 0 Å². The molecule has 0 amide bonds. The molecular weight excluding hydrogens is 335 g/mol. The molecule has 0 aliphatic heterocycles. The summed E-state index contributed by atoms with van der Waals surface area (Å²) < 4.78 is 13.9. The Morgan fingerprint density at radius 1 is 1.29 bits per heavy atom. The molecule has 0 fully saturated rings. The van der Waals surface area contributed by atoms with Crippen LogP contribution in [0, 0.1) is 17.1 Å². The number of nitrogens with zero attached hydrogens (tertiary/aromatic N) is 1. The van der Waals surface area contributed by atoms with E-state index >= 15 is 0 Å². The Kier molecular flexibility index (Phi) is 3.32. The van der Waals surface area contributed by atoms with Crippen LogP contribution in [0.3, 0.4) is 0 Å². The van der Waals surface area contributed by atoms with E-state index in [1.807, 2.05) is 0 Å². The molecule has 0 saturated heterocycles. The van der Waals surface area contributed by atoms with E-state index in [1.165, 1.54) is 12.1 Å². The van der Waals surface area contributed by atoms with Crippen LogP contribution in [0.5, 0.6) is 0 Å². The van der Waals surface area contributed by atoms with Gasteiger partial charge in [-0.25, -0.2) is 4.39 Å². The summed E-state index contributed by atoms with van der Waals surface area (Å²) in [5, 5.41) is 9.74. The van der Waals surface area contributed by atoms with Crippen molar-refractivity contribution in [3.63, 3.8) is 0 Å². The number of ketones is 1. The first-order valence-electron chi connectivity index (χ1n) is 6.11. The molecule has 0 unspecified atom stereocenters. The zero-order valence-corrected chi connectivity index (χ0v) is 12.2. The number of rotatable bonds is 2. The maximum Gasteiger partial charge on any atom is 0.195 e. The molecule has 3 nitrogen and oxygen atoms in total. The lowest BCUT2D eigenvalue weighted by molar-refractivity contribution is 0.104. The number of halogens is 2. The number of aromatic nitrogens is 1. The fraction of sp³-hybridized carbons (Fsp3) is 0. The number of benzene rings is 2. The van der Waals surface area contributed by atoms with E-state index in [4.69, 9.17) is 0 Å². The third-order valence-electron chi connectivity index (χ3n) is 3.20. The van der Waals surface area contributed by atoms with E-state index in [1.54, 1.807) is 30.5 Å². The third kappa shape index (κ3) is 2.34. The van der Waals surface area contributed by atoms with Gasteiger partial charge in [0.15, 0.2) is 5.78 Å². The molecule has 1 heterocycles. The first-order chi connectivity index (χ1) is 10.1. The molecule has 5 heteroatoms. The molecule has 0 bridgehead atoms. The summed E-state index contributed by atoms with van der Waals surface area (Å²) in [6, 6.07) is 11.3. The van der Waals surface area contributed by atoms with Gasteiger partial charge < -0.3 is 4.98 Å². The summed E-state index contributed by atoms with van der Waals surface area (Å²) in [4.78, 5) is 15.5. The third-order valence-corrected chi connectivity index (χ3v) is 3.65.